The van der Waals surface area contributed by atoms with Crippen molar-refractivity contribution in [2.45, 2.75) is 0 Å². The summed E-state index contributed by atoms with van der Waals surface area (Å²) in [6.07, 6.45) is 0. The highest BCUT2D eigenvalue weighted by molar-refractivity contribution is 6.17. The molecule has 0 saturated heterocycles. The first kappa shape index (κ1) is 27.9. The van der Waals surface area contributed by atoms with Crippen molar-refractivity contribution in [2.24, 2.45) is 0 Å². The summed E-state index contributed by atoms with van der Waals surface area (Å²) in [6, 6.07) is 66.9. The number of fused-ring (bicyclic) bond motifs is 4. The Hall–Kier alpha value is -6.38. The van der Waals surface area contributed by atoms with E-state index >= 15 is 0 Å². The first-order chi connectivity index (χ1) is 23.8. The second kappa shape index (κ2) is 11.8. The van der Waals surface area contributed by atoms with Crippen molar-refractivity contribution in [2.75, 3.05) is 4.90 Å². The van der Waals surface area contributed by atoms with Gasteiger partial charge in [-0.1, -0.05) is 146 Å². The molecular formula is C46H31NO. The minimum atomic E-state index is 0.871. The van der Waals surface area contributed by atoms with E-state index in [2.05, 4.69) is 187 Å². The predicted octanol–water partition coefficient (Wildman–Crippen LogP) is 13.2. The van der Waals surface area contributed by atoms with Gasteiger partial charge in [0, 0.05) is 27.7 Å². The van der Waals surface area contributed by atoms with E-state index in [1.54, 1.807) is 0 Å². The third-order valence-corrected chi connectivity index (χ3v) is 9.27. The zero-order valence-electron chi connectivity index (χ0n) is 26.3. The van der Waals surface area contributed by atoms with Crippen LogP contribution in [0.1, 0.15) is 0 Å². The number of hydrogen-bond acceptors (Lipinski definition) is 2. The molecule has 0 aliphatic carbocycles. The minimum absolute atomic E-state index is 0.871. The minimum Gasteiger partial charge on any atom is -0.456 e. The smallest absolute Gasteiger partial charge is 0.136 e. The maximum atomic E-state index is 6.51. The second-order valence-corrected chi connectivity index (χ2v) is 12.1. The molecule has 1 aromatic heterocycles. The molecule has 0 aliphatic heterocycles. The van der Waals surface area contributed by atoms with Crippen molar-refractivity contribution >= 4 is 49.8 Å². The van der Waals surface area contributed by atoms with E-state index in [0.29, 0.717) is 0 Å². The lowest BCUT2D eigenvalue weighted by molar-refractivity contribution is 0.669. The van der Waals surface area contributed by atoms with Gasteiger partial charge in [0.1, 0.15) is 11.2 Å². The molecule has 0 atom stereocenters. The average molecular weight is 614 g/mol. The van der Waals surface area contributed by atoms with Crippen LogP contribution in [-0.4, -0.2) is 0 Å². The Kier molecular flexibility index (Phi) is 6.84. The number of benzene rings is 8. The van der Waals surface area contributed by atoms with Gasteiger partial charge in [-0.3, -0.25) is 0 Å². The summed E-state index contributed by atoms with van der Waals surface area (Å²) in [5.41, 5.74) is 12.0. The van der Waals surface area contributed by atoms with Crippen LogP contribution in [-0.2, 0) is 0 Å². The molecule has 1 heterocycles. The fourth-order valence-corrected chi connectivity index (χ4v) is 7.01. The molecular weight excluding hydrogens is 583 g/mol. The van der Waals surface area contributed by atoms with Crippen molar-refractivity contribution in [3.63, 3.8) is 0 Å². The molecule has 0 aliphatic rings. The highest BCUT2D eigenvalue weighted by Gasteiger charge is 2.24. The van der Waals surface area contributed by atoms with E-state index in [9.17, 15) is 0 Å². The number of para-hydroxylation sites is 1. The summed E-state index contributed by atoms with van der Waals surface area (Å²) in [5.74, 6) is 0. The van der Waals surface area contributed by atoms with Crippen LogP contribution in [0.5, 0.6) is 0 Å². The fraction of sp³-hybridized carbons (Fsp3) is 0. The summed E-state index contributed by atoms with van der Waals surface area (Å²) >= 11 is 0. The molecule has 0 bridgehead atoms. The Morgan fingerprint density at radius 2 is 0.979 bits per heavy atom. The van der Waals surface area contributed by atoms with E-state index in [4.69, 9.17) is 4.42 Å². The Morgan fingerprint density at radius 1 is 0.375 bits per heavy atom. The van der Waals surface area contributed by atoms with Gasteiger partial charge in [-0.15, -0.1) is 0 Å². The van der Waals surface area contributed by atoms with Crippen LogP contribution in [0, 0.1) is 0 Å². The standard InChI is InChI=1S/C46H31NO/c1-3-13-32(14-4-1)34-23-26-37(27-24-34)47(38-28-25-33-15-7-8-18-36(33)31-38)42-29-30-44-46(41-21-11-12-22-43(41)48-44)45(42)40-20-10-9-19-39(40)35-16-5-2-6-17-35/h1-31H. The molecule has 9 rings (SSSR count). The van der Waals surface area contributed by atoms with Gasteiger partial charge in [0.2, 0.25) is 0 Å². The largest absolute Gasteiger partial charge is 0.456 e. The predicted molar refractivity (Wildman–Crippen MR) is 202 cm³/mol. The molecule has 2 nitrogen and oxygen atoms in total. The van der Waals surface area contributed by atoms with Gasteiger partial charge in [0.25, 0.3) is 0 Å². The van der Waals surface area contributed by atoms with Gasteiger partial charge in [-0.2, -0.15) is 0 Å². The Bertz CT molecular complexity index is 2550. The summed E-state index contributed by atoms with van der Waals surface area (Å²) in [7, 11) is 0. The topological polar surface area (TPSA) is 16.4 Å². The summed E-state index contributed by atoms with van der Waals surface area (Å²) < 4.78 is 6.51. The third kappa shape index (κ3) is 4.83. The summed E-state index contributed by atoms with van der Waals surface area (Å²) in [6.45, 7) is 0. The van der Waals surface area contributed by atoms with Gasteiger partial charge in [-0.05, 0) is 81.1 Å². The van der Waals surface area contributed by atoms with Gasteiger partial charge < -0.3 is 9.32 Å². The number of anilines is 3. The van der Waals surface area contributed by atoms with Gasteiger partial charge in [-0.25, -0.2) is 0 Å². The van der Waals surface area contributed by atoms with Gasteiger partial charge >= 0.3 is 0 Å². The Morgan fingerprint density at radius 3 is 1.77 bits per heavy atom. The molecule has 8 aromatic carbocycles. The van der Waals surface area contributed by atoms with E-state index in [0.717, 1.165) is 50.1 Å². The monoisotopic (exact) mass is 613 g/mol. The quantitative estimate of drug-likeness (QED) is 0.185. The Labute approximate surface area is 279 Å². The van der Waals surface area contributed by atoms with Crippen LogP contribution < -0.4 is 4.90 Å². The van der Waals surface area contributed by atoms with Gasteiger partial charge in [0.15, 0.2) is 0 Å². The molecule has 0 saturated carbocycles. The Balaban J connectivity index is 1.36. The van der Waals surface area contributed by atoms with Crippen molar-refractivity contribution in [3.8, 4) is 33.4 Å². The lowest BCUT2D eigenvalue weighted by Crippen LogP contribution is -2.11. The molecule has 226 valence electrons. The van der Waals surface area contributed by atoms with Gasteiger partial charge in [0.05, 0.1) is 5.69 Å². The SMILES string of the molecule is c1ccc(-c2ccc(N(c3ccc4ccccc4c3)c3ccc4oc5ccccc5c4c3-c3ccccc3-c3ccccc3)cc2)cc1. The normalized spacial score (nSPS) is 11.3. The van der Waals surface area contributed by atoms with E-state index in [1.165, 1.54) is 33.0 Å². The van der Waals surface area contributed by atoms with E-state index in [1.807, 2.05) is 6.07 Å². The van der Waals surface area contributed by atoms with Crippen LogP contribution >= 0.6 is 0 Å². The zero-order chi connectivity index (χ0) is 31.9. The van der Waals surface area contributed by atoms with Crippen molar-refractivity contribution < 1.29 is 4.42 Å². The molecule has 0 spiro atoms. The maximum absolute atomic E-state index is 6.51. The number of rotatable bonds is 6. The third-order valence-electron chi connectivity index (χ3n) is 9.27. The molecule has 0 unspecified atom stereocenters. The van der Waals surface area contributed by atoms with Crippen molar-refractivity contribution in [1.82, 2.24) is 0 Å². The number of furan rings is 1. The lowest BCUT2D eigenvalue weighted by Gasteiger charge is -2.29. The second-order valence-electron chi connectivity index (χ2n) is 12.1. The van der Waals surface area contributed by atoms with Crippen LogP contribution in [0.15, 0.2) is 192 Å². The molecule has 2 heteroatoms. The lowest BCUT2D eigenvalue weighted by atomic mass is 9.90. The highest BCUT2D eigenvalue weighted by atomic mass is 16.3. The molecule has 9 aromatic rings. The first-order valence-corrected chi connectivity index (χ1v) is 16.4. The van der Waals surface area contributed by atoms with Crippen LogP contribution in [0.4, 0.5) is 17.1 Å². The molecule has 0 radical (unpaired) electrons. The van der Waals surface area contributed by atoms with Crippen LogP contribution in [0.25, 0.3) is 66.1 Å². The first-order valence-electron chi connectivity index (χ1n) is 16.4. The van der Waals surface area contributed by atoms with Crippen molar-refractivity contribution in [1.29, 1.82) is 0 Å². The van der Waals surface area contributed by atoms with Crippen LogP contribution in [0.2, 0.25) is 0 Å². The molecule has 0 fully saturated rings. The zero-order valence-corrected chi connectivity index (χ0v) is 26.3. The van der Waals surface area contributed by atoms with Crippen LogP contribution in [0.3, 0.4) is 0 Å². The molecule has 0 N–H and O–H groups in total. The summed E-state index contributed by atoms with van der Waals surface area (Å²) in [5, 5.41) is 4.62. The maximum Gasteiger partial charge on any atom is 0.136 e. The summed E-state index contributed by atoms with van der Waals surface area (Å²) in [4.78, 5) is 2.40. The molecule has 0 amide bonds. The van der Waals surface area contributed by atoms with E-state index in [-0.39, 0.29) is 0 Å². The highest BCUT2D eigenvalue weighted by Crippen LogP contribution is 2.49. The molecule has 48 heavy (non-hydrogen) atoms. The number of hydrogen-bond donors (Lipinski definition) is 0. The van der Waals surface area contributed by atoms with E-state index < -0.39 is 0 Å². The number of nitrogens with zero attached hydrogens (tertiary/aromatic N) is 1. The fourth-order valence-electron chi connectivity index (χ4n) is 7.01. The average Bonchev–Trinajstić information content (AvgIpc) is 3.55. The van der Waals surface area contributed by atoms with Crippen molar-refractivity contribution in [3.05, 3.63) is 188 Å².